The van der Waals surface area contributed by atoms with Gasteiger partial charge in [0.15, 0.2) is 0 Å². The van der Waals surface area contributed by atoms with E-state index in [1.54, 1.807) is 0 Å². The van der Waals surface area contributed by atoms with Gasteiger partial charge in [-0.05, 0) is 98.0 Å². The lowest BCUT2D eigenvalue weighted by atomic mass is 9.43. The summed E-state index contributed by atoms with van der Waals surface area (Å²) in [7, 11) is 0. The van der Waals surface area contributed by atoms with Crippen molar-refractivity contribution in [2.75, 3.05) is 4.81 Å². The molecule has 0 atom stereocenters. The van der Waals surface area contributed by atoms with E-state index in [4.69, 9.17) is 8.83 Å². The predicted molar refractivity (Wildman–Crippen MR) is 250 cm³/mol. The summed E-state index contributed by atoms with van der Waals surface area (Å²) in [4.78, 5) is 2.62. The second-order valence-electron chi connectivity index (χ2n) is 20.2. The third-order valence-corrected chi connectivity index (χ3v) is 13.4. The van der Waals surface area contributed by atoms with E-state index in [1.807, 2.05) is 0 Å². The van der Waals surface area contributed by atoms with E-state index in [1.165, 1.54) is 71.6 Å². The molecule has 0 amide bonds. The van der Waals surface area contributed by atoms with E-state index in [2.05, 4.69) is 193 Å². The molecule has 2 aliphatic rings. The van der Waals surface area contributed by atoms with Crippen LogP contribution in [0.25, 0.3) is 82.5 Å². The topological polar surface area (TPSA) is 34.5 Å². The standard InChI is InChI=1S/C54H47BN2O2/c1-52(2,3)30-14-18-33(19-15-30)57-43-29-47-39(34-20-16-32(54(7,8)9)27-46(34)59-47)28-38(43)35-21-22-37-48-42(24-25-45-49(48)36-12-10-11-13-44(36)58-45)56-41-23-17-31(53(4,5)6)26-40(41)55(57)50(35)51(37)56/h10-29H,1-9H3. The second kappa shape index (κ2) is 11.3. The number of aromatic nitrogens is 1. The molecule has 0 spiro atoms. The Balaban J connectivity index is 1.25. The van der Waals surface area contributed by atoms with Crippen molar-refractivity contribution in [1.29, 1.82) is 0 Å². The molecule has 0 saturated carbocycles. The van der Waals surface area contributed by atoms with Gasteiger partial charge in [-0.3, -0.25) is 0 Å². The summed E-state index contributed by atoms with van der Waals surface area (Å²) in [5.41, 5.74) is 18.8. The summed E-state index contributed by atoms with van der Waals surface area (Å²) < 4.78 is 15.9. The van der Waals surface area contributed by atoms with Gasteiger partial charge in [0.2, 0.25) is 0 Å². The van der Waals surface area contributed by atoms with Gasteiger partial charge in [0.25, 0.3) is 0 Å². The molecule has 7 aromatic carbocycles. The van der Waals surface area contributed by atoms with Crippen LogP contribution in [0.15, 0.2) is 130 Å². The summed E-state index contributed by atoms with van der Waals surface area (Å²) in [6.45, 7) is 20.5. The molecule has 10 aromatic rings. The van der Waals surface area contributed by atoms with Gasteiger partial charge in [-0.15, -0.1) is 0 Å². The first-order chi connectivity index (χ1) is 28.1. The van der Waals surface area contributed by atoms with Crippen LogP contribution >= 0.6 is 0 Å². The van der Waals surface area contributed by atoms with Crippen LogP contribution in [-0.4, -0.2) is 11.4 Å². The van der Waals surface area contributed by atoms with Crippen LogP contribution in [-0.2, 0) is 16.2 Å². The van der Waals surface area contributed by atoms with Gasteiger partial charge >= 0.3 is 6.85 Å². The highest BCUT2D eigenvalue weighted by molar-refractivity contribution is 6.93. The molecule has 3 aromatic heterocycles. The minimum atomic E-state index is -0.0956. The third-order valence-electron chi connectivity index (χ3n) is 13.4. The van der Waals surface area contributed by atoms with Crippen molar-refractivity contribution in [3.05, 3.63) is 138 Å². The molecule has 5 heterocycles. The summed E-state index contributed by atoms with van der Waals surface area (Å²) in [5.74, 6) is 0. The Kier molecular flexibility index (Phi) is 6.66. The number of nitrogens with zero attached hydrogens (tertiary/aromatic N) is 2. The highest BCUT2D eigenvalue weighted by atomic mass is 16.3. The monoisotopic (exact) mass is 766 g/mol. The largest absolute Gasteiger partial charge is 0.456 e. The fourth-order valence-electron chi connectivity index (χ4n) is 10.3. The average molecular weight is 767 g/mol. The lowest BCUT2D eigenvalue weighted by molar-refractivity contribution is 0.587. The Morgan fingerprint density at radius 2 is 1.12 bits per heavy atom. The van der Waals surface area contributed by atoms with E-state index in [0.717, 1.165) is 49.9 Å². The molecular weight excluding hydrogens is 719 g/mol. The fraction of sp³-hybridized carbons (Fsp3) is 0.222. The van der Waals surface area contributed by atoms with E-state index in [-0.39, 0.29) is 23.1 Å². The number of rotatable bonds is 1. The van der Waals surface area contributed by atoms with Crippen LogP contribution in [0, 0.1) is 0 Å². The SMILES string of the molecule is CC(C)(C)c1ccc(N2B3c4cc(C(C)(C)C)ccc4-n4c5ccc6oc7ccccc7c6c5c5ccc(c3c54)-c3cc4c(cc32)oc2cc(C(C)(C)C)ccc24)cc1. The van der Waals surface area contributed by atoms with Gasteiger partial charge in [-0.2, -0.15) is 0 Å². The molecule has 288 valence electrons. The first-order valence-corrected chi connectivity index (χ1v) is 21.1. The van der Waals surface area contributed by atoms with Gasteiger partial charge < -0.3 is 18.2 Å². The Morgan fingerprint density at radius 1 is 0.458 bits per heavy atom. The van der Waals surface area contributed by atoms with Gasteiger partial charge in [0, 0.05) is 61.0 Å². The molecule has 0 N–H and O–H groups in total. The normalized spacial score (nSPS) is 14.1. The molecule has 0 radical (unpaired) electrons. The number of furan rings is 2. The van der Waals surface area contributed by atoms with Crippen molar-refractivity contribution in [3.63, 3.8) is 0 Å². The van der Waals surface area contributed by atoms with Crippen molar-refractivity contribution in [3.8, 4) is 16.8 Å². The summed E-state index contributed by atoms with van der Waals surface area (Å²) in [6.07, 6.45) is 0. The summed E-state index contributed by atoms with van der Waals surface area (Å²) in [5, 5.41) is 7.12. The van der Waals surface area contributed by atoms with Crippen LogP contribution in [0.5, 0.6) is 0 Å². The maximum Gasteiger partial charge on any atom is 0.333 e. The first kappa shape index (κ1) is 34.8. The summed E-state index contributed by atoms with van der Waals surface area (Å²) >= 11 is 0. The zero-order valence-corrected chi connectivity index (χ0v) is 35.3. The van der Waals surface area contributed by atoms with Crippen molar-refractivity contribution in [1.82, 2.24) is 4.57 Å². The number of benzene rings is 7. The van der Waals surface area contributed by atoms with Gasteiger partial charge in [-0.25, -0.2) is 0 Å². The first-order valence-electron chi connectivity index (χ1n) is 21.1. The van der Waals surface area contributed by atoms with Crippen LogP contribution in [0.4, 0.5) is 11.4 Å². The summed E-state index contributed by atoms with van der Waals surface area (Å²) in [6, 6.07) is 45.8. The third kappa shape index (κ3) is 4.73. The molecule has 12 rings (SSSR count). The lowest BCUT2D eigenvalue weighted by Crippen LogP contribution is -2.60. The molecule has 0 fully saturated rings. The molecule has 0 bridgehead atoms. The quantitative estimate of drug-likeness (QED) is 0.156. The highest BCUT2D eigenvalue weighted by Gasteiger charge is 2.45. The van der Waals surface area contributed by atoms with Gasteiger partial charge in [0.05, 0.1) is 11.0 Å². The smallest absolute Gasteiger partial charge is 0.333 e. The molecule has 4 nitrogen and oxygen atoms in total. The van der Waals surface area contributed by atoms with Crippen molar-refractivity contribution in [2.45, 2.75) is 78.6 Å². The van der Waals surface area contributed by atoms with Crippen molar-refractivity contribution in [2.24, 2.45) is 0 Å². The highest BCUT2D eigenvalue weighted by Crippen LogP contribution is 2.49. The van der Waals surface area contributed by atoms with Crippen LogP contribution in [0.3, 0.4) is 0 Å². The number of anilines is 2. The zero-order chi connectivity index (χ0) is 40.5. The molecule has 5 heteroatoms. The zero-order valence-electron chi connectivity index (χ0n) is 35.3. The van der Waals surface area contributed by atoms with Crippen molar-refractivity contribution < 1.29 is 8.83 Å². The fourth-order valence-corrected chi connectivity index (χ4v) is 10.3. The van der Waals surface area contributed by atoms with Crippen LogP contribution in [0.2, 0.25) is 0 Å². The lowest BCUT2D eigenvalue weighted by Gasteiger charge is -2.42. The molecule has 0 saturated heterocycles. The van der Waals surface area contributed by atoms with E-state index in [9.17, 15) is 0 Å². The Morgan fingerprint density at radius 3 is 1.88 bits per heavy atom. The second-order valence-corrected chi connectivity index (χ2v) is 20.2. The van der Waals surface area contributed by atoms with E-state index >= 15 is 0 Å². The molecule has 0 unspecified atom stereocenters. The molecule has 59 heavy (non-hydrogen) atoms. The van der Waals surface area contributed by atoms with Crippen LogP contribution in [0.1, 0.15) is 79.0 Å². The minimum absolute atomic E-state index is 0.0152. The van der Waals surface area contributed by atoms with Crippen LogP contribution < -0.4 is 15.7 Å². The Bertz CT molecular complexity index is 3450. The maximum absolute atomic E-state index is 6.84. The number of para-hydroxylation sites is 1. The molecular formula is C54H47BN2O2. The number of fused-ring (bicyclic) bond motifs is 15. The van der Waals surface area contributed by atoms with Gasteiger partial charge in [0.1, 0.15) is 22.3 Å². The Hall–Kier alpha value is -6.20. The predicted octanol–water partition coefficient (Wildman–Crippen LogP) is 13.7. The van der Waals surface area contributed by atoms with Gasteiger partial charge in [-0.1, -0.05) is 129 Å². The Labute approximate surface area is 345 Å². The molecule has 2 aliphatic heterocycles. The van der Waals surface area contributed by atoms with E-state index in [0.29, 0.717) is 0 Å². The minimum Gasteiger partial charge on any atom is -0.456 e. The average Bonchev–Trinajstić information content (AvgIpc) is 3.87. The maximum atomic E-state index is 6.84. The number of hydrogen-bond donors (Lipinski definition) is 0. The number of hydrogen-bond acceptors (Lipinski definition) is 3. The molecule has 0 aliphatic carbocycles. The van der Waals surface area contributed by atoms with E-state index < -0.39 is 0 Å². The van der Waals surface area contributed by atoms with Crippen molar-refractivity contribution >= 4 is 94.8 Å².